The lowest BCUT2D eigenvalue weighted by Gasteiger charge is -2.22. The number of nitrogens with one attached hydrogen (secondary N) is 2. The molecule has 1 heterocycles. The highest BCUT2D eigenvalue weighted by Crippen LogP contribution is 2.29. The molecule has 7 nitrogen and oxygen atoms in total. The summed E-state index contributed by atoms with van der Waals surface area (Å²) in [6, 6.07) is 12.4. The number of amides is 4. The maximum Gasteiger partial charge on any atom is 0.325 e. The summed E-state index contributed by atoms with van der Waals surface area (Å²) in [5.41, 5.74) is -0.203. The fraction of sp³-hybridized carbons (Fsp3) is 0.286. The fourth-order valence-electron chi connectivity index (χ4n) is 3.20. The summed E-state index contributed by atoms with van der Waals surface area (Å²) in [4.78, 5) is 38.2. The van der Waals surface area contributed by atoms with Crippen LogP contribution in [-0.4, -0.2) is 42.9 Å². The summed E-state index contributed by atoms with van der Waals surface area (Å²) in [7, 11) is 1.53. The molecular formula is C21H22FN3O4. The molecule has 0 spiro atoms. The second-order valence-corrected chi connectivity index (χ2v) is 6.87. The Kier molecular flexibility index (Phi) is 5.81. The summed E-state index contributed by atoms with van der Waals surface area (Å²) in [6.45, 7) is 1.37. The third-order valence-corrected chi connectivity index (χ3v) is 4.92. The highest BCUT2D eigenvalue weighted by Gasteiger charge is 2.49. The first kappa shape index (κ1) is 20.3. The van der Waals surface area contributed by atoms with Crippen LogP contribution in [-0.2, 0) is 21.5 Å². The quantitative estimate of drug-likeness (QED) is 0.697. The number of nitrogens with zero attached hydrogens (tertiary/aromatic N) is 1. The van der Waals surface area contributed by atoms with Crippen molar-refractivity contribution in [1.82, 2.24) is 15.5 Å². The Labute approximate surface area is 167 Å². The van der Waals surface area contributed by atoms with Crippen molar-refractivity contribution in [2.75, 3.05) is 20.2 Å². The van der Waals surface area contributed by atoms with E-state index < -0.39 is 29.9 Å². The van der Waals surface area contributed by atoms with Crippen molar-refractivity contribution in [3.8, 4) is 5.75 Å². The molecule has 0 bridgehead atoms. The number of carbonyl (C=O) groups is 3. The van der Waals surface area contributed by atoms with Gasteiger partial charge in [0.2, 0.25) is 5.91 Å². The molecular weight excluding hydrogens is 377 g/mol. The Bertz CT molecular complexity index is 932. The molecule has 1 aliphatic rings. The van der Waals surface area contributed by atoms with E-state index in [1.54, 1.807) is 49.4 Å². The predicted molar refractivity (Wildman–Crippen MR) is 104 cm³/mol. The molecule has 1 aliphatic heterocycles. The third kappa shape index (κ3) is 4.21. The Morgan fingerprint density at radius 2 is 1.86 bits per heavy atom. The van der Waals surface area contributed by atoms with Crippen LogP contribution in [0.4, 0.5) is 9.18 Å². The van der Waals surface area contributed by atoms with E-state index in [1.807, 2.05) is 0 Å². The van der Waals surface area contributed by atoms with Gasteiger partial charge in [-0.1, -0.05) is 30.3 Å². The summed E-state index contributed by atoms with van der Waals surface area (Å²) in [6.07, 6.45) is 0.308. The summed E-state index contributed by atoms with van der Waals surface area (Å²) < 4.78 is 18.7. The number of rotatable bonds is 7. The average molecular weight is 399 g/mol. The van der Waals surface area contributed by atoms with Gasteiger partial charge in [0.1, 0.15) is 23.7 Å². The van der Waals surface area contributed by atoms with E-state index in [0.717, 1.165) is 4.90 Å². The van der Waals surface area contributed by atoms with Crippen LogP contribution in [0.3, 0.4) is 0 Å². The van der Waals surface area contributed by atoms with Gasteiger partial charge in [0.05, 0.1) is 7.11 Å². The monoisotopic (exact) mass is 399 g/mol. The Hall–Kier alpha value is -3.42. The number of benzene rings is 2. The number of methoxy groups -OCH3 is 1. The highest BCUT2D eigenvalue weighted by molar-refractivity contribution is 6.09. The standard InChI is InChI=1S/C21H22FN3O4/c1-21(15-7-9-16(29-2)10-8-15)19(27)25(20(28)24-21)13-18(26)23-12-11-14-5-3-4-6-17(14)22/h3-10H,11-13H2,1-2H3,(H,23,26)(H,24,28)/t21-/m1/s1. The van der Waals surface area contributed by atoms with E-state index in [0.29, 0.717) is 23.3 Å². The summed E-state index contributed by atoms with van der Waals surface area (Å²) >= 11 is 0. The molecule has 0 aromatic heterocycles. The van der Waals surface area contributed by atoms with Crippen molar-refractivity contribution in [2.24, 2.45) is 0 Å². The second-order valence-electron chi connectivity index (χ2n) is 6.87. The fourth-order valence-corrected chi connectivity index (χ4v) is 3.20. The maximum absolute atomic E-state index is 13.6. The van der Waals surface area contributed by atoms with Crippen molar-refractivity contribution in [1.29, 1.82) is 0 Å². The van der Waals surface area contributed by atoms with Gasteiger partial charge < -0.3 is 15.4 Å². The van der Waals surface area contributed by atoms with Crippen LogP contribution in [0, 0.1) is 5.82 Å². The van der Waals surface area contributed by atoms with Crippen molar-refractivity contribution in [3.63, 3.8) is 0 Å². The average Bonchev–Trinajstić information content (AvgIpc) is 2.93. The van der Waals surface area contributed by atoms with Gasteiger partial charge in [0.25, 0.3) is 5.91 Å². The molecule has 152 valence electrons. The first-order valence-electron chi connectivity index (χ1n) is 9.14. The van der Waals surface area contributed by atoms with E-state index in [4.69, 9.17) is 4.74 Å². The zero-order valence-electron chi connectivity index (χ0n) is 16.2. The molecule has 4 amide bonds. The van der Waals surface area contributed by atoms with Crippen LogP contribution in [0.15, 0.2) is 48.5 Å². The Balaban J connectivity index is 1.60. The third-order valence-electron chi connectivity index (χ3n) is 4.92. The van der Waals surface area contributed by atoms with Crippen molar-refractivity contribution < 1.29 is 23.5 Å². The summed E-state index contributed by atoms with van der Waals surface area (Å²) in [5, 5.41) is 5.26. The molecule has 2 aromatic rings. The zero-order valence-corrected chi connectivity index (χ0v) is 16.2. The number of urea groups is 1. The van der Waals surface area contributed by atoms with Gasteiger partial charge >= 0.3 is 6.03 Å². The number of carbonyl (C=O) groups excluding carboxylic acids is 3. The number of hydrogen-bond donors (Lipinski definition) is 2. The van der Waals surface area contributed by atoms with Gasteiger partial charge in [-0.15, -0.1) is 0 Å². The predicted octanol–water partition coefficient (Wildman–Crippen LogP) is 1.96. The number of imide groups is 1. The SMILES string of the molecule is COc1ccc([C@@]2(C)NC(=O)N(CC(=O)NCCc3ccccc3F)C2=O)cc1. The van der Waals surface area contributed by atoms with Gasteiger partial charge in [-0.3, -0.25) is 14.5 Å². The van der Waals surface area contributed by atoms with Gasteiger partial charge in [-0.05, 0) is 42.7 Å². The molecule has 2 N–H and O–H groups in total. The largest absolute Gasteiger partial charge is 0.497 e. The normalized spacial score (nSPS) is 18.5. The Morgan fingerprint density at radius 3 is 2.52 bits per heavy atom. The van der Waals surface area contributed by atoms with Crippen LogP contribution < -0.4 is 15.4 Å². The molecule has 29 heavy (non-hydrogen) atoms. The molecule has 1 fully saturated rings. The van der Waals surface area contributed by atoms with Crippen LogP contribution in [0.5, 0.6) is 5.75 Å². The lowest BCUT2D eigenvalue weighted by molar-refractivity contribution is -0.134. The van der Waals surface area contributed by atoms with Gasteiger partial charge in [-0.2, -0.15) is 0 Å². The van der Waals surface area contributed by atoms with Crippen LogP contribution in [0.1, 0.15) is 18.1 Å². The van der Waals surface area contributed by atoms with Gasteiger partial charge in [0, 0.05) is 6.54 Å². The lowest BCUT2D eigenvalue weighted by atomic mass is 9.92. The minimum absolute atomic E-state index is 0.194. The van der Waals surface area contributed by atoms with Crippen LogP contribution >= 0.6 is 0 Å². The summed E-state index contributed by atoms with van der Waals surface area (Å²) in [5.74, 6) is -0.730. The molecule has 0 radical (unpaired) electrons. The number of ether oxygens (including phenoxy) is 1. The van der Waals surface area contributed by atoms with E-state index in [-0.39, 0.29) is 12.4 Å². The molecule has 3 rings (SSSR count). The molecule has 2 aromatic carbocycles. The van der Waals surface area contributed by atoms with Crippen molar-refractivity contribution >= 4 is 17.8 Å². The lowest BCUT2D eigenvalue weighted by Crippen LogP contribution is -2.43. The maximum atomic E-state index is 13.6. The van der Waals surface area contributed by atoms with E-state index in [2.05, 4.69) is 10.6 Å². The molecule has 1 atom stereocenters. The van der Waals surface area contributed by atoms with Gasteiger partial charge in [-0.25, -0.2) is 9.18 Å². The van der Waals surface area contributed by atoms with Crippen LogP contribution in [0.25, 0.3) is 0 Å². The van der Waals surface area contributed by atoms with Crippen LogP contribution in [0.2, 0.25) is 0 Å². The number of halogens is 1. The molecule has 1 saturated heterocycles. The molecule has 0 unspecified atom stereocenters. The first-order valence-corrected chi connectivity index (χ1v) is 9.14. The minimum atomic E-state index is -1.27. The number of hydrogen-bond acceptors (Lipinski definition) is 4. The smallest absolute Gasteiger partial charge is 0.325 e. The van der Waals surface area contributed by atoms with Crippen molar-refractivity contribution in [3.05, 3.63) is 65.5 Å². The van der Waals surface area contributed by atoms with Crippen molar-refractivity contribution in [2.45, 2.75) is 18.9 Å². The molecule has 8 heteroatoms. The first-order chi connectivity index (χ1) is 13.8. The van der Waals surface area contributed by atoms with E-state index in [1.165, 1.54) is 13.2 Å². The van der Waals surface area contributed by atoms with E-state index in [9.17, 15) is 18.8 Å². The topological polar surface area (TPSA) is 87.7 Å². The minimum Gasteiger partial charge on any atom is -0.497 e. The second kappa shape index (κ2) is 8.30. The Morgan fingerprint density at radius 1 is 1.17 bits per heavy atom. The highest BCUT2D eigenvalue weighted by atomic mass is 19.1. The molecule has 0 saturated carbocycles. The van der Waals surface area contributed by atoms with E-state index >= 15 is 0 Å². The zero-order chi connectivity index (χ0) is 21.0. The van der Waals surface area contributed by atoms with Gasteiger partial charge in [0.15, 0.2) is 0 Å². The molecule has 0 aliphatic carbocycles.